The van der Waals surface area contributed by atoms with Gasteiger partial charge in [0.15, 0.2) is 5.75 Å². The number of nitrogens with zero attached hydrogens (tertiary/aromatic N) is 2. The third-order valence-electron chi connectivity index (χ3n) is 2.50. The molecule has 0 aliphatic rings. The van der Waals surface area contributed by atoms with Crippen LogP contribution in [-0.4, -0.2) is 39.7 Å². The minimum absolute atomic E-state index is 0.0978. The van der Waals surface area contributed by atoms with Crippen molar-refractivity contribution < 1.29 is 14.6 Å². The normalized spacial score (nSPS) is 10.2. The molecule has 7 heteroatoms. The average molecular weight is 262 g/mol. The number of carboxylic acids is 1. The van der Waals surface area contributed by atoms with E-state index in [4.69, 9.17) is 9.84 Å². The van der Waals surface area contributed by atoms with Crippen molar-refractivity contribution in [3.63, 3.8) is 0 Å². The van der Waals surface area contributed by atoms with Gasteiger partial charge in [0.25, 0.3) is 0 Å². The highest BCUT2D eigenvalue weighted by Gasteiger charge is 2.14. The molecule has 2 aromatic heterocycles. The quantitative estimate of drug-likeness (QED) is 0.757. The first-order valence-corrected chi connectivity index (χ1v) is 5.72. The Bertz CT molecular complexity index is 594. The van der Waals surface area contributed by atoms with Crippen molar-refractivity contribution in [2.24, 2.45) is 0 Å². The number of carbonyl (C=O) groups is 1. The zero-order valence-corrected chi connectivity index (χ0v) is 10.6. The lowest BCUT2D eigenvalue weighted by Crippen LogP contribution is -2.03. The molecule has 2 rings (SSSR count). The highest BCUT2D eigenvalue weighted by Crippen LogP contribution is 2.28. The Morgan fingerprint density at radius 3 is 2.95 bits per heavy atom. The molecule has 0 fully saturated rings. The molecule has 2 heterocycles. The van der Waals surface area contributed by atoms with E-state index in [-0.39, 0.29) is 5.69 Å². The molecule has 0 spiro atoms. The summed E-state index contributed by atoms with van der Waals surface area (Å²) in [5.41, 5.74) is 1.27. The average Bonchev–Trinajstić information content (AvgIpc) is 2.88. The third-order valence-corrected chi connectivity index (χ3v) is 2.50. The van der Waals surface area contributed by atoms with Crippen molar-refractivity contribution in [1.29, 1.82) is 0 Å². The molecule has 0 saturated heterocycles. The largest absolute Gasteiger partial charge is 0.493 e. The minimum Gasteiger partial charge on any atom is -0.493 e. The minimum atomic E-state index is -1.02. The molecule has 0 unspecified atom stereocenters. The van der Waals surface area contributed by atoms with E-state index in [1.807, 2.05) is 6.92 Å². The first-order valence-electron chi connectivity index (χ1n) is 5.72. The molecule has 3 N–H and O–H groups in total. The second-order valence-electron chi connectivity index (χ2n) is 3.75. The molecule has 0 aliphatic carbocycles. The van der Waals surface area contributed by atoms with Crippen LogP contribution in [0, 0.1) is 0 Å². The molecule has 100 valence electrons. The maximum Gasteiger partial charge on any atom is 0.352 e. The zero-order chi connectivity index (χ0) is 13.8. The lowest BCUT2D eigenvalue weighted by molar-refractivity contribution is 0.0691. The van der Waals surface area contributed by atoms with E-state index in [0.717, 1.165) is 0 Å². The maximum atomic E-state index is 10.9. The molecular formula is C12H14N4O3. The number of hydrogen-bond acceptors (Lipinski definition) is 5. The first kappa shape index (κ1) is 12.9. The summed E-state index contributed by atoms with van der Waals surface area (Å²) >= 11 is 0. The Balaban J connectivity index is 2.45. The molecule has 0 saturated carbocycles. The maximum absolute atomic E-state index is 10.9. The van der Waals surface area contributed by atoms with E-state index >= 15 is 0 Å². The summed E-state index contributed by atoms with van der Waals surface area (Å²) in [6, 6.07) is 1.50. The molecule has 2 aromatic rings. The van der Waals surface area contributed by atoms with Crippen LogP contribution in [0.1, 0.15) is 17.4 Å². The van der Waals surface area contributed by atoms with Gasteiger partial charge in [-0.3, -0.25) is 0 Å². The van der Waals surface area contributed by atoms with Crippen LogP contribution >= 0.6 is 0 Å². The van der Waals surface area contributed by atoms with Gasteiger partial charge in [-0.25, -0.2) is 14.8 Å². The van der Waals surface area contributed by atoms with Crippen molar-refractivity contribution >= 4 is 11.9 Å². The number of H-pyrrole nitrogens is 1. The number of nitrogens with one attached hydrogen (secondary N) is 2. The smallest absolute Gasteiger partial charge is 0.352 e. The van der Waals surface area contributed by atoms with Crippen LogP contribution in [0.3, 0.4) is 0 Å². The topological polar surface area (TPSA) is 100 Å². The zero-order valence-electron chi connectivity index (χ0n) is 10.6. The predicted octanol–water partition coefficient (Wildman–Crippen LogP) is 1.61. The van der Waals surface area contributed by atoms with Crippen molar-refractivity contribution in [2.45, 2.75) is 6.92 Å². The fourth-order valence-electron chi connectivity index (χ4n) is 1.62. The summed E-state index contributed by atoms with van der Waals surface area (Å²) < 4.78 is 5.19. The number of aromatic nitrogens is 3. The number of aromatic amines is 1. The number of anilines is 1. The number of aromatic carboxylic acids is 1. The fourth-order valence-corrected chi connectivity index (χ4v) is 1.62. The summed E-state index contributed by atoms with van der Waals surface area (Å²) in [4.78, 5) is 21.9. The van der Waals surface area contributed by atoms with Crippen LogP contribution in [0.25, 0.3) is 11.3 Å². The van der Waals surface area contributed by atoms with Crippen LogP contribution in [0.15, 0.2) is 18.5 Å². The van der Waals surface area contributed by atoms with Crippen LogP contribution in [-0.2, 0) is 0 Å². The van der Waals surface area contributed by atoms with E-state index in [2.05, 4.69) is 20.3 Å². The van der Waals surface area contributed by atoms with Gasteiger partial charge in [0.1, 0.15) is 11.4 Å². The Kier molecular flexibility index (Phi) is 3.65. The van der Waals surface area contributed by atoms with Crippen molar-refractivity contribution in [1.82, 2.24) is 15.0 Å². The van der Waals surface area contributed by atoms with Gasteiger partial charge >= 0.3 is 5.97 Å². The molecular weight excluding hydrogens is 248 g/mol. The molecule has 0 bridgehead atoms. The van der Waals surface area contributed by atoms with E-state index in [9.17, 15) is 4.79 Å². The standard InChI is InChI=1S/C12H14N4O3/c1-3-13-12-15-6-9(19-2)10(16-12)7-4-8(11(17)18)14-5-7/h4-6,14H,3H2,1-2H3,(H,17,18)(H,13,15,16). The molecule has 0 radical (unpaired) electrons. The number of ether oxygens (including phenoxy) is 1. The fraction of sp³-hybridized carbons (Fsp3) is 0.250. The van der Waals surface area contributed by atoms with E-state index in [1.165, 1.54) is 13.2 Å². The van der Waals surface area contributed by atoms with E-state index < -0.39 is 5.97 Å². The highest BCUT2D eigenvalue weighted by atomic mass is 16.5. The molecule has 0 aliphatic heterocycles. The van der Waals surface area contributed by atoms with Crippen LogP contribution in [0.4, 0.5) is 5.95 Å². The summed E-state index contributed by atoms with van der Waals surface area (Å²) in [6.07, 6.45) is 3.12. The van der Waals surface area contributed by atoms with Gasteiger partial charge in [-0.2, -0.15) is 0 Å². The number of methoxy groups -OCH3 is 1. The molecule has 0 aromatic carbocycles. The van der Waals surface area contributed by atoms with Gasteiger partial charge < -0.3 is 20.1 Å². The Labute approximate surface area is 109 Å². The van der Waals surface area contributed by atoms with Crippen molar-refractivity contribution in [3.8, 4) is 17.0 Å². The molecule has 19 heavy (non-hydrogen) atoms. The second kappa shape index (κ2) is 5.38. The Hall–Kier alpha value is -2.57. The first-order chi connectivity index (χ1) is 9.15. The Morgan fingerprint density at radius 2 is 2.37 bits per heavy atom. The monoisotopic (exact) mass is 262 g/mol. The van der Waals surface area contributed by atoms with Crippen molar-refractivity contribution in [3.05, 3.63) is 24.2 Å². The third kappa shape index (κ3) is 2.65. The number of carboxylic acid groups (broad SMARTS) is 1. The van der Waals surface area contributed by atoms with Gasteiger partial charge in [-0.15, -0.1) is 0 Å². The van der Waals surface area contributed by atoms with Gasteiger partial charge in [-0.1, -0.05) is 0 Å². The van der Waals surface area contributed by atoms with Crippen molar-refractivity contribution in [2.75, 3.05) is 19.0 Å². The lowest BCUT2D eigenvalue weighted by atomic mass is 10.2. The second-order valence-corrected chi connectivity index (χ2v) is 3.75. The van der Waals surface area contributed by atoms with Gasteiger partial charge in [0.05, 0.1) is 13.3 Å². The molecule has 0 atom stereocenters. The number of rotatable bonds is 5. The van der Waals surface area contributed by atoms with E-state index in [0.29, 0.717) is 29.5 Å². The predicted molar refractivity (Wildman–Crippen MR) is 69.5 cm³/mol. The summed E-state index contributed by atoms with van der Waals surface area (Å²) in [7, 11) is 1.51. The van der Waals surface area contributed by atoms with Gasteiger partial charge in [-0.05, 0) is 13.0 Å². The van der Waals surface area contributed by atoms with E-state index in [1.54, 1.807) is 12.4 Å². The highest BCUT2D eigenvalue weighted by molar-refractivity contribution is 5.87. The lowest BCUT2D eigenvalue weighted by Gasteiger charge is -2.08. The SMILES string of the molecule is CCNc1ncc(OC)c(-c2c[nH]c(C(=O)O)c2)n1. The summed E-state index contributed by atoms with van der Waals surface area (Å²) in [6.45, 7) is 2.63. The van der Waals surface area contributed by atoms with Gasteiger partial charge in [0, 0.05) is 18.3 Å². The van der Waals surface area contributed by atoms with Gasteiger partial charge in [0.2, 0.25) is 5.95 Å². The van der Waals surface area contributed by atoms with Crippen LogP contribution in [0.2, 0.25) is 0 Å². The Morgan fingerprint density at radius 1 is 1.58 bits per heavy atom. The van der Waals surface area contributed by atoms with Crippen LogP contribution in [0.5, 0.6) is 5.75 Å². The summed E-state index contributed by atoms with van der Waals surface area (Å²) in [5.74, 6) is -0.0693. The van der Waals surface area contributed by atoms with Crippen LogP contribution < -0.4 is 10.1 Å². The molecule has 7 nitrogen and oxygen atoms in total. The number of hydrogen-bond donors (Lipinski definition) is 3. The summed E-state index contributed by atoms with van der Waals surface area (Å²) in [5, 5.41) is 11.9. The molecule has 0 amide bonds.